The third kappa shape index (κ3) is 39.2. The molecular formula is C33H69N3O9S3. The number of sulfone groups is 1. The molecule has 0 aromatic carbocycles. The summed E-state index contributed by atoms with van der Waals surface area (Å²) in [5, 5.41) is 8.40. The maximum absolute atomic E-state index is 11.5. The third-order valence-electron chi connectivity index (χ3n) is 6.54. The summed E-state index contributed by atoms with van der Waals surface area (Å²) in [5.74, 6) is 1.48. The van der Waals surface area contributed by atoms with Crippen LogP contribution in [0.15, 0.2) is 0 Å². The summed E-state index contributed by atoms with van der Waals surface area (Å²) < 4.78 is 48.5. The molecule has 288 valence electrons. The van der Waals surface area contributed by atoms with Crippen molar-refractivity contribution in [2.24, 2.45) is 17.8 Å². The highest BCUT2D eigenvalue weighted by atomic mass is 32.2. The van der Waals surface area contributed by atoms with Crippen LogP contribution in [0.25, 0.3) is 0 Å². The maximum atomic E-state index is 11.5. The van der Waals surface area contributed by atoms with Gasteiger partial charge < -0.3 is 30.2 Å². The molecule has 0 aromatic rings. The molecule has 4 atom stereocenters. The van der Waals surface area contributed by atoms with Gasteiger partial charge in [-0.2, -0.15) is 11.8 Å². The van der Waals surface area contributed by atoms with Crippen molar-refractivity contribution in [1.82, 2.24) is 16.0 Å². The van der Waals surface area contributed by atoms with Crippen LogP contribution in [0.1, 0.15) is 80.1 Å². The van der Waals surface area contributed by atoms with E-state index in [1.165, 1.54) is 6.26 Å². The fourth-order valence-electron chi connectivity index (χ4n) is 3.42. The molecule has 4 unspecified atom stereocenters. The highest BCUT2D eigenvalue weighted by Crippen LogP contribution is 2.07. The predicted molar refractivity (Wildman–Crippen MR) is 201 cm³/mol. The van der Waals surface area contributed by atoms with Crippen LogP contribution in [0.2, 0.25) is 0 Å². The Bertz CT molecular complexity index is 925. The second-order valence-corrected chi connectivity index (χ2v) is 16.5. The minimum atomic E-state index is -2.99. The van der Waals surface area contributed by atoms with Gasteiger partial charge in [-0.3, -0.25) is 18.6 Å². The summed E-state index contributed by atoms with van der Waals surface area (Å²) in [6.45, 7) is 17.2. The lowest BCUT2D eigenvalue weighted by atomic mass is 10.1. The number of rotatable bonds is 27. The molecule has 48 heavy (non-hydrogen) atoms. The Balaban J connectivity index is -0.000000634. The van der Waals surface area contributed by atoms with Gasteiger partial charge in [0.1, 0.15) is 9.84 Å². The largest absolute Gasteiger partial charge is 0.380 e. The highest BCUT2D eigenvalue weighted by molar-refractivity contribution is 7.98. The Morgan fingerprint density at radius 2 is 1.02 bits per heavy atom. The van der Waals surface area contributed by atoms with Crippen LogP contribution in [0, 0.1) is 17.8 Å². The van der Waals surface area contributed by atoms with Gasteiger partial charge in [-0.15, -0.1) is 0 Å². The first-order valence-electron chi connectivity index (χ1n) is 17.2. The first-order valence-corrected chi connectivity index (χ1v) is 22.4. The van der Waals surface area contributed by atoms with Crippen LogP contribution < -0.4 is 16.0 Å². The molecular weight excluding hydrogens is 679 g/mol. The monoisotopic (exact) mass is 747 g/mol. The van der Waals surface area contributed by atoms with E-state index in [2.05, 4.69) is 29.1 Å². The van der Waals surface area contributed by atoms with Gasteiger partial charge in [0.05, 0.1) is 25.6 Å². The van der Waals surface area contributed by atoms with Crippen molar-refractivity contribution in [3.05, 3.63) is 0 Å². The molecule has 0 fully saturated rings. The summed E-state index contributed by atoms with van der Waals surface area (Å²) in [6.07, 6.45) is 9.85. The van der Waals surface area contributed by atoms with Crippen molar-refractivity contribution in [3.63, 3.8) is 0 Å². The minimum Gasteiger partial charge on any atom is -0.380 e. The van der Waals surface area contributed by atoms with E-state index in [9.17, 15) is 27.0 Å². The standard InChI is InChI=1S/C11H23NO4S.C11H23NO3S.C11H23NO2S/c1-4-7-16-8-6-12-11(13)10(2)5-9-17(3,14)15;1-4-7-15-8-6-12-11(13)10(2)5-9-16(3)14;1-4-7-14-8-6-12-11(13)10(2)5-9-15-3/h10H,4-9H2,1-3H3,(H,12,13);10H,4-9H2,1-3H3,(H,12,13);10H,4-9H2,1-3H3,(H,12,13). The fraction of sp³-hybridized carbons (Fsp3) is 0.909. The topological polar surface area (TPSA) is 166 Å². The average molecular weight is 748 g/mol. The minimum absolute atomic E-state index is 0.0190. The molecule has 0 saturated carbocycles. The van der Waals surface area contributed by atoms with Crippen molar-refractivity contribution < 1.29 is 41.2 Å². The highest BCUT2D eigenvalue weighted by Gasteiger charge is 2.15. The van der Waals surface area contributed by atoms with Gasteiger partial charge in [-0.05, 0) is 50.5 Å². The maximum Gasteiger partial charge on any atom is 0.222 e. The zero-order valence-electron chi connectivity index (χ0n) is 31.4. The van der Waals surface area contributed by atoms with Crippen LogP contribution in [0.3, 0.4) is 0 Å². The number of hydrogen-bond acceptors (Lipinski definition) is 10. The van der Waals surface area contributed by atoms with E-state index in [-0.39, 0.29) is 41.2 Å². The molecule has 15 heteroatoms. The second-order valence-electron chi connectivity index (χ2n) is 11.7. The molecule has 0 saturated heterocycles. The van der Waals surface area contributed by atoms with E-state index in [1.54, 1.807) is 24.9 Å². The normalized spacial score (nSPS) is 13.4. The summed E-state index contributed by atoms with van der Waals surface area (Å²) in [4.78, 5) is 34.6. The van der Waals surface area contributed by atoms with Crippen molar-refractivity contribution in [2.45, 2.75) is 80.1 Å². The van der Waals surface area contributed by atoms with Gasteiger partial charge in [0.2, 0.25) is 17.7 Å². The molecule has 0 aromatic heterocycles. The molecule has 0 aliphatic carbocycles. The Morgan fingerprint density at radius 1 is 0.667 bits per heavy atom. The van der Waals surface area contributed by atoms with E-state index < -0.39 is 20.6 Å². The Labute approximate surface area is 299 Å². The fourth-order valence-corrected chi connectivity index (χ4v) is 5.48. The smallest absolute Gasteiger partial charge is 0.222 e. The number of amides is 3. The van der Waals surface area contributed by atoms with Crippen LogP contribution in [-0.4, -0.2) is 126 Å². The number of ether oxygens (including phenoxy) is 3. The number of carbonyl (C=O) groups excluding carboxylic acids is 3. The van der Waals surface area contributed by atoms with Crippen LogP contribution in [-0.2, 0) is 49.2 Å². The molecule has 0 rings (SSSR count). The van der Waals surface area contributed by atoms with E-state index in [1.807, 2.05) is 27.7 Å². The molecule has 0 spiro atoms. The number of hydrogen-bond donors (Lipinski definition) is 3. The van der Waals surface area contributed by atoms with E-state index in [0.29, 0.717) is 64.7 Å². The third-order valence-corrected chi connectivity index (χ3v) is 8.97. The first-order chi connectivity index (χ1) is 22.7. The number of thioether (sulfide) groups is 1. The summed E-state index contributed by atoms with van der Waals surface area (Å²) in [5.41, 5.74) is 0. The van der Waals surface area contributed by atoms with Gasteiger partial charge in [-0.1, -0.05) is 41.5 Å². The van der Waals surface area contributed by atoms with Gasteiger partial charge in [-0.25, -0.2) is 8.42 Å². The van der Waals surface area contributed by atoms with Gasteiger partial charge in [0.25, 0.3) is 0 Å². The lowest BCUT2D eigenvalue weighted by Crippen LogP contribution is -2.32. The van der Waals surface area contributed by atoms with Crippen molar-refractivity contribution in [1.29, 1.82) is 0 Å². The molecule has 0 aliphatic heterocycles. The molecule has 0 radical (unpaired) electrons. The van der Waals surface area contributed by atoms with E-state index in [4.69, 9.17) is 14.2 Å². The summed E-state index contributed by atoms with van der Waals surface area (Å²) in [6, 6.07) is 0. The van der Waals surface area contributed by atoms with Crippen LogP contribution in [0.4, 0.5) is 0 Å². The van der Waals surface area contributed by atoms with Crippen molar-refractivity contribution in [3.8, 4) is 0 Å². The molecule has 0 aliphatic rings. The SMILES string of the molecule is CCCOCCNC(=O)C(C)CCS(C)(=O)=O.CCCOCCNC(=O)C(C)CCS(C)=O.CCCOCCNC(=O)C(C)CCSC. The Morgan fingerprint density at radius 3 is 1.33 bits per heavy atom. The lowest BCUT2D eigenvalue weighted by Gasteiger charge is -2.11. The van der Waals surface area contributed by atoms with Gasteiger partial charge >= 0.3 is 0 Å². The van der Waals surface area contributed by atoms with E-state index in [0.717, 1.165) is 44.6 Å². The van der Waals surface area contributed by atoms with Gasteiger partial charge in [0.15, 0.2) is 0 Å². The average Bonchev–Trinajstić information content (AvgIpc) is 3.04. The zero-order valence-corrected chi connectivity index (χ0v) is 33.8. The quantitative estimate of drug-likeness (QED) is 0.106. The molecule has 0 bridgehead atoms. The number of carbonyl (C=O) groups is 3. The van der Waals surface area contributed by atoms with Gasteiger partial charge in [0, 0.05) is 86.3 Å². The Hall–Kier alpha value is -1.26. The number of nitrogens with one attached hydrogen (secondary N) is 3. The van der Waals surface area contributed by atoms with Crippen molar-refractivity contribution >= 4 is 50.1 Å². The Kier molecular flexibility index (Phi) is 37.9. The summed E-state index contributed by atoms with van der Waals surface area (Å²) >= 11 is 1.78. The molecule has 12 nitrogen and oxygen atoms in total. The lowest BCUT2D eigenvalue weighted by molar-refractivity contribution is -0.125. The molecule has 3 N–H and O–H groups in total. The first kappa shape index (κ1) is 51.1. The molecule has 3 amide bonds. The zero-order chi connectivity index (χ0) is 37.2. The van der Waals surface area contributed by atoms with Crippen LogP contribution >= 0.6 is 11.8 Å². The van der Waals surface area contributed by atoms with Crippen molar-refractivity contribution in [2.75, 3.05) is 95.3 Å². The predicted octanol–water partition coefficient (Wildman–Crippen LogP) is 3.45. The summed E-state index contributed by atoms with van der Waals surface area (Å²) in [7, 11) is -3.81. The van der Waals surface area contributed by atoms with E-state index >= 15 is 0 Å². The second kappa shape index (κ2) is 35.6. The van der Waals surface area contributed by atoms with Crippen LogP contribution in [0.5, 0.6) is 0 Å². The molecule has 0 heterocycles.